The highest BCUT2D eigenvalue weighted by atomic mass is 35.5. The van der Waals surface area contributed by atoms with Gasteiger partial charge in [-0.25, -0.2) is 32.8 Å². The maximum Gasteiger partial charge on any atom is 0.285 e. The fourth-order valence-electron chi connectivity index (χ4n) is 5.96. The van der Waals surface area contributed by atoms with Crippen molar-refractivity contribution in [3.63, 3.8) is 0 Å². The van der Waals surface area contributed by atoms with Gasteiger partial charge in [-0.2, -0.15) is 5.10 Å². The number of pyridine rings is 1. The van der Waals surface area contributed by atoms with Gasteiger partial charge in [-0.05, 0) is 44.5 Å². The minimum atomic E-state index is -3.83. The van der Waals surface area contributed by atoms with Crippen molar-refractivity contribution in [2.45, 2.75) is 32.9 Å². The van der Waals surface area contributed by atoms with Gasteiger partial charge in [0.1, 0.15) is 17.3 Å². The van der Waals surface area contributed by atoms with Gasteiger partial charge in [0.2, 0.25) is 16.0 Å². The summed E-state index contributed by atoms with van der Waals surface area (Å²) in [6.45, 7) is 7.15. The standard InChI is InChI=1S/C27H30ClN9O4S/c1-13-8-16(14(2)30-20-6-7-21(28)31-23(20)25(38)34-42(5,40)41)22-17(9-13)26(39)35(4)27(32-22)36-10-18-19(11-36)24(18)37-12-29-15(3)33-37/h6-9,12,14,18-19,24,30H,10-11H2,1-5H3,(H,34,38)/t14-,18-,19+,24?/m1/s1. The highest BCUT2D eigenvalue weighted by molar-refractivity contribution is 7.89. The first-order valence-electron chi connectivity index (χ1n) is 13.4. The highest BCUT2D eigenvalue weighted by Crippen LogP contribution is 2.55. The van der Waals surface area contributed by atoms with Gasteiger partial charge in [-0.1, -0.05) is 17.7 Å². The maximum atomic E-state index is 13.6. The molecule has 42 heavy (non-hydrogen) atoms. The summed E-state index contributed by atoms with van der Waals surface area (Å²) in [6, 6.07) is 6.69. The van der Waals surface area contributed by atoms with Crippen molar-refractivity contribution in [3.05, 3.63) is 68.7 Å². The van der Waals surface area contributed by atoms with Crippen molar-refractivity contribution >= 4 is 50.1 Å². The number of anilines is 2. The second-order valence-corrected chi connectivity index (χ2v) is 13.3. The smallest absolute Gasteiger partial charge is 0.285 e. The molecule has 0 radical (unpaired) electrons. The van der Waals surface area contributed by atoms with Gasteiger partial charge in [-0.15, -0.1) is 0 Å². The van der Waals surface area contributed by atoms with E-state index in [4.69, 9.17) is 16.6 Å². The fraction of sp³-hybridized carbons (Fsp3) is 0.407. The minimum absolute atomic E-state index is 0.0347. The molecule has 0 bridgehead atoms. The number of nitrogens with one attached hydrogen (secondary N) is 2. The van der Waals surface area contributed by atoms with E-state index < -0.39 is 22.0 Å². The number of carbonyl (C=O) groups excluding carboxylic acids is 1. The number of hydrogen-bond acceptors (Lipinski definition) is 10. The number of rotatable bonds is 7. The second kappa shape index (κ2) is 10.1. The topological polar surface area (TPSA) is 157 Å². The van der Waals surface area contributed by atoms with Crippen molar-refractivity contribution in [3.8, 4) is 0 Å². The number of halogens is 1. The summed E-state index contributed by atoms with van der Waals surface area (Å²) < 4.78 is 28.8. The zero-order valence-electron chi connectivity index (χ0n) is 23.7. The Labute approximate surface area is 247 Å². The average Bonchev–Trinajstić information content (AvgIpc) is 3.20. The van der Waals surface area contributed by atoms with E-state index in [9.17, 15) is 18.0 Å². The summed E-state index contributed by atoms with van der Waals surface area (Å²) in [5.41, 5.74) is 2.11. The molecule has 2 fully saturated rings. The van der Waals surface area contributed by atoms with Crippen molar-refractivity contribution in [2.75, 3.05) is 29.6 Å². The monoisotopic (exact) mass is 611 g/mol. The van der Waals surface area contributed by atoms with Crippen LogP contribution >= 0.6 is 11.6 Å². The number of carbonyl (C=O) groups is 1. The van der Waals surface area contributed by atoms with E-state index in [2.05, 4.69) is 25.3 Å². The maximum absolute atomic E-state index is 13.6. The lowest BCUT2D eigenvalue weighted by atomic mass is 10.0. The molecule has 220 valence electrons. The van der Waals surface area contributed by atoms with Crippen LogP contribution in [0.15, 0.2) is 35.4 Å². The van der Waals surface area contributed by atoms with Gasteiger partial charge >= 0.3 is 0 Å². The molecule has 1 unspecified atom stereocenters. The molecule has 2 aliphatic rings. The van der Waals surface area contributed by atoms with Crippen LogP contribution in [-0.4, -0.2) is 63.0 Å². The van der Waals surface area contributed by atoms with Crippen LogP contribution in [0, 0.1) is 25.7 Å². The number of hydrogen-bond donors (Lipinski definition) is 2. The van der Waals surface area contributed by atoms with Gasteiger partial charge < -0.3 is 10.2 Å². The predicted molar refractivity (Wildman–Crippen MR) is 158 cm³/mol. The summed E-state index contributed by atoms with van der Waals surface area (Å²) in [5.74, 6) is 1.24. The van der Waals surface area contributed by atoms with E-state index in [-0.39, 0.29) is 22.1 Å². The highest BCUT2D eigenvalue weighted by Gasteiger charge is 2.58. The largest absolute Gasteiger partial charge is 0.377 e. The molecule has 0 spiro atoms. The van der Waals surface area contributed by atoms with Crippen LogP contribution in [0.3, 0.4) is 0 Å². The first kappa shape index (κ1) is 28.1. The zero-order valence-corrected chi connectivity index (χ0v) is 25.2. The molecule has 1 aliphatic heterocycles. The van der Waals surface area contributed by atoms with Crippen LogP contribution in [0.25, 0.3) is 10.9 Å². The molecule has 3 aromatic heterocycles. The summed E-state index contributed by atoms with van der Waals surface area (Å²) in [5, 5.41) is 8.25. The van der Waals surface area contributed by atoms with E-state index in [1.807, 2.05) is 42.3 Å². The minimum Gasteiger partial charge on any atom is -0.377 e. The molecule has 6 rings (SSSR count). The number of amides is 1. The number of fused-ring (bicyclic) bond motifs is 2. The predicted octanol–water partition coefficient (Wildman–Crippen LogP) is 2.36. The van der Waals surface area contributed by atoms with E-state index in [1.54, 1.807) is 24.0 Å². The summed E-state index contributed by atoms with van der Waals surface area (Å²) in [6.07, 6.45) is 2.66. The van der Waals surface area contributed by atoms with Gasteiger partial charge in [0.25, 0.3) is 11.5 Å². The van der Waals surface area contributed by atoms with Gasteiger partial charge in [-0.3, -0.25) is 14.2 Å². The second-order valence-electron chi connectivity index (χ2n) is 11.1. The van der Waals surface area contributed by atoms with E-state index in [0.29, 0.717) is 34.7 Å². The molecular formula is C27H30ClN9O4S. The van der Waals surface area contributed by atoms with Crippen LogP contribution in [-0.2, 0) is 17.1 Å². The molecule has 1 saturated heterocycles. The number of piperidine rings is 1. The quantitative estimate of drug-likeness (QED) is 0.297. The number of nitrogens with zero attached hydrogens (tertiary/aromatic N) is 7. The Morgan fingerprint density at radius 1 is 1.14 bits per heavy atom. The van der Waals surface area contributed by atoms with Crippen molar-refractivity contribution in [2.24, 2.45) is 18.9 Å². The lowest BCUT2D eigenvalue weighted by Gasteiger charge is -2.25. The number of sulfonamides is 1. The van der Waals surface area contributed by atoms with Crippen LogP contribution in [0.1, 0.15) is 46.4 Å². The van der Waals surface area contributed by atoms with Crippen LogP contribution in [0.4, 0.5) is 11.6 Å². The lowest BCUT2D eigenvalue weighted by molar-refractivity contribution is 0.0977. The van der Waals surface area contributed by atoms with Crippen molar-refractivity contribution < 1.29 is 13.2 Å². The normalized spacial score (nSPS) is 20.4. The number of aromatic nitrogens is 6. The SMILES string of the molecule is Cc1cc([C@@H](C)Nc2ccc(Cl)nc2C(=O)NS(C)(=O)=O)c2nc(N3C[C@@H]4C(n5cnc(C)n5)[C@@H]4C3)n(C)c(=O)c2c1. The Morgan fingerprint density at radius 3 is 2.50 bits per heavy atom. The average molecular weight is 612 g/mol. The van der Waals surface area contributed by atoms with Crippen molar-refractivity contribution in [1.29, 1.82) is 0 Å². The Bertz CT molecular complexity index is 1910. The lowest BCUT2D eigenvalue weighted by Crippen LogP contribution is -2.33. The molecule has 1 aromatic carbocycles. The number of aryl methyl sites for hydroxylation is 2. The Hall–Kier alpha value is -4.04. The van der Waals surface area contributed by atoms with E-state index in [1.165, 1.54) is 6.07 Å². The third kappa shape index (κ3) is 5.09. The van der Waals surface area contributed by atoms with Crippen molar-refractivity contribution in [1.82, 2.24) is 34.0 Å². The van der Waals surface area contributed by atoms with Crippen LogP contribution < -0.4 is 20.5 Å². The number of benzene rings is 1. The molecular weight excluding hydrogens is 582 g/mol. The first-order valence-corrected chi connectivity index (χ1v) is 15.7. The summed E-state index contributed by atoms with van der Waals surface area (Å²) >= 11 is 6.03. The third-order valence-electron chi connectivity index (χ3n) is 7.88. The zero-order chi connectivity index (χ0) is 30.1. The Kier molecular flexibility index (Phi) is 6.72. The van der Waals surface area contributed by atoms with E-state index >= 15 is 0 Å². The Morgan fingerprint density at radius 2 is 1.86 bits per heavy atom. The fourth-order valence-corrected chi connectivity index (χ4v) is 6.54. The van der Waals surface area contributed by atoms with Gasteiger partial charge in [0.15, 0.2) is 5.69 Å². The van der Waals surface area contributed by atoms with Crippen LogP contribution in [0.5, 0.6) is 0 Å². The Balaban J connectivity index is 1.33. The molecule has 4 heterocycles. The van der Waals surface area contributed by atoms with E-state index in [0.717, 1.165) is 36.3 Å². The summed E-state index contributed by atoms with van der Waals surface area (Å²) in [7, 11) is -2.09. The molecule has 1 aliphatic carbocycles. The van der Waals surface area contributed by atoms with Crippen LogP contribution in [0.2, 0.25) is 5.15 Å². The molecule has 1 amide bonds. The molecule has 1 saturated carbocycles. The van der Waals surface area contributed by atoms with Gasteiger partial charge in [0.05, 0.1) is 34.9 Å². The molecule has 15 heteroatoms. The first-order chi connectivity index (χ1) is 19.8. The molecule has 4 atom stereocenters. The third-order valence-corrected chi connectivity index (χ3v) is 8.65. The molecule has 13 nitrogen and oxygen atoms in total. The summed E-state index contributed by atoms with van der Waals surface area (Å²) in [4.78, 5) is 41.8. The molecule has 2 N–H and O–H groups in total. The molecule has 4 aromatic rings. The van der Waals surface area contributed by atoms with Gasteiger partial charge in [0, 0.05) is 37.5 Å².